The van der Waals surface area contributed by atoms with Crippen LogP contribution in [0.15, 0.2) is 12.3 Å². The Hall–Kier alpha value is -1.08. The van der Waals surface area contributed by atoms with Gasteiger partial charge >= 0.3 is 0 Å². The number of aromatic nitrogens is 2. The van der Waals surface area contributed by atoms with Gasteiger partial charge in [-0.15, -0.1) is 0 Å². The van der Waals surface area contributed by atoms with E-state index >= 15 is 0 Å². The topological polar surface area (TPSA) is 76.0 Å². The molecule has 0 aromatic carbocycles. The summed E-state index contributed by atoms with van der Waals surface area (Å²) in [5.74, 6) is 0.982. The van der Waals surface area contributed by atoms with E-state index in [0.29, 0.717) is 5.82 Å². The highest BCUT2D eigenvalue weighted by Gasteiger charge is 2.22. The molecule has 2 heterocycles. The molecule has 1 aliphatic heterocycles. The van der Waals surface area contributed by atoms with Crippen LogP contribution < -0.4 is 10.0 Å². The fraction of sp³-hybridized carbons (Fsp3) is 0.750. The summed E-state index contributed by atoms with van der Waals surface area (Å²) in [5.41, 5.74) is 0. The zero-order valence-electron chi connectivity index (χ0n) is 11.5. The number of rotatable bonds is 5. The average molecular weight is 286 g/mol. The van der Waals surface area contributed by atoms with Crippen molar-refractivity contribution in [2.45, 2.75) is 32.7 Å². The number of nitrogens with one attached hydrogen (secondary N) is 2. The molecule has 0 spiro atoms. The Morgan fingerprint density at radius 1 is 1.47 bits per heavy atom. The molecule has 1 aromatic heterocycles. The molecule has 1 saturated heterocycles. The van der Waals surface area contributed by atoms with Crippen molar-refractivity contribution in [1.82, 2.24) is 15.1 Å². The lowest BCUT2D eigenvalue weighted by molar-refractivity contribution is 0.402. The second kappa shape index (κ2) is 5.92. The number of nitrogens with zero attached hydrogens (tertiary/aromatic N) is 2. The molecule has 0 radical (unpaired) electrons. The van der Waals surface area contributed by atoms with Crippen LogP contribution in [0.25, 0.3) is 0 Å². The Kier molecular flexibility index (Phi) is 4.46. The summed E-state index contributed by atoms with van der Waals surface area (Å²) < 4.78 is 28.7. The predicted octanol–water partition coefficient (Wildman–Crippen LogP) is 1.21. The van der Waals surface area contributed by atoms with Gasteiger partial charge in [-0.3, -0.25) is 4.72 Å². The average Bonchev–Trinajstić information content (AvgIpc) is 2.77. The zero-order valence-corrected chi connectivity index (χ0v) is 12.3. The summed E-state index contributed by atoms with van der Waals surface area (Å²) in [7, 11) is -3.30. The Morgan fingerprint density at radius 2 is 2.16 bits per heavy atom. The normalized spacial score (nSPS) is 17.8. The summed E-state index contributed by atoms with van der Waals surface area (Å²) in [5, 5.41) is 7.37. The lowest BCUT2D eigenvalue weighted by Crippen LogP contribution is -2.33. The first kappa shape index (κ1) is 14.3. The minimum Gasteiger partial charge on any atom is -0.317 e. The van der Waals surface area contributed by atoms with Gasteiger partial charge in [0.15, 0.2) is 0 Å². The van der Waals surface area contributed by atoms with Gasteiger partial charge in [0, 0.05) is 12.1 Å². The van der Waals surface area contributed by atoms with Crippen LogP contribution in [0.1, 0.15) is 32.7 Å². The van der Waals surface area contributed by atoms with E-state index in [4.69, 9.17) is 0 Å². The smallest absolute Gasteiger partial charge is 0.234 e. The Bertz CT molecular complexity index is 504. The van der Waals surface area contributed by atoms with E-state index < -0.39 is 10.0 Å². The van der Waals surface area contributed by atoms with Gasteiger partial charge in [-0.1, -0.05) is 0 Å². The number of piperidine rings is 1. The molecule has 1 aromatic rings. The molecule has 19 heavy (non-hydrogen) atoms. The van der Waals surface area contributed by atoms with Gasteiger partial charge in [0.1, 0.15) is 5.82 Å². The highest BCUT2D eigenvalue weighted by molar-refractivity contribution is 7.92. The summed E-state index contributed by atoms with van der Waals surface area (Å²) in [6.45, 7) is 5.75. The molecule has 2 rings (SSSR count). The zero-order chi connectivity index (χ0) is 13.9. The quantitative estimate of drug-likeness (QED) is 0.853. The minimum absolute atomic E-state index is 0.131. The van der Waals surface area contributed by atoms with Crippen LogP contribution in [-0.4, -0.2) is 37.0 Å². The molecule has 0 atom stereocenters. The summed E-state index contributed by atoms with van der Waals surface area (Å²) in [4.78, 5) is 0. The molecule has 1 aliphatic rings. The van der Waals surface area contributed by atoms with Gasteiger partial charge in [-0.05, 0) is 45.7 Å². The molecular formula is C12H22N4O2S. The van der Waals surface area contributed by atoms with Crippen LogP contribution in [0.2, 0.25) is 0 Å². The van der Waals surface area contributed by atoms with Crippen LogP contribution in [0, 0.1) is 5.92 Å². The molecule has 0 unspecified atom stereocenters. The molecular weight excluding hydrogens is 264 g/mol. The number of anilines is 1. The largest absolute Gasteiger partial charge is 0.317 e. The van der Waals surface area contributed by atoms with Crippen LogP contribution in [-0.2, 0) is 10.0 Å². The monoisotopic (exact) mass is 286 g/mol. The van der Waals surface area contributed by atoms with Gasteiger partial charge in [0.25, 0.3) is 0 Å². The Labute approximate surface area is 114 Å². The molecule has 0 saturated carbocycles. The van der Waals surface area contributed by atoms with E-state index in [1.807, 2.05) is 13.8 Å². The SMILES string of the molecule is CC(C)n1nccc1NS(=O)(=O)CC1CCNCC1. The van der Waals surface area contributed by atoms with Crippen molar-refractivity contribution < 1.29 is 8.42 Å². The van der Waals surface area contributed by atoms with Crippen LogP contribution in [0.3, 0.4) is 0 Å². The van der Waals surface area contributed by atoms with Crippen molar-refractivity contribution in [3.05, 3.63) is 12.3 Å². The predicted molar refractivity (Wildman–Crippen MR) is 75.6 cm³/mol. The van der Waals surface area contributed by atoms with Gasteiger partial charge in [-0.2, -0.15) is 5.10 Å². The standard InChI is InChI=1S/C12H22N4O2S/c1-10(2)16-12(5-8-14-16)15-19(17,18)9-11-3-6-13-7-4-11/h5,8,10-11,13,15H,3-4,6-7,9H2,1-2H3. The second-order valence-electron chi connectivity index (χ2n) is 5.33. The van der Waals surface area contributed by atoms with E-state index in [1.54, 1.807) is 16.9 Å². The highest BCUT2D eigenvalue weighted by Crippen LogP contribution is 2.18. The van der Waals surface area contributed by atoms with Crippen molar-refractivity contribution in [3.63, 3.8) is 0 Å². The molecule has 0 bridgehead atoms. The van der Waals surface area contributed by atoms with Crippen molar-refractivity contribution in [3.8, 4) is 0 Å². The second-order valence-corrected chi connectivity index (χ2v) is 7.10. The maximum absolute atomic E-state index is 12.2. The molecule has 108 valence electrons. The van der Waals surface area contributed by atoms with Gasteiger partial charge in [0.2, 0.25) is 10.0 Å². The number of hydrogen-bond donors (Lipinski definition) is 2. The summed E-state index contributed by atoms with van der Waals surface area (Å²) in [6, 6.07) is 1.83. The first-order chi connectivity index (χ1) is 8.98. The lowest BCUT2D eigenvalue weighted by Gasteiger charge is -2.22. The molecule has 0 amide bonds. The van der Waals surface area contributed by atoms with Gasteiger partial charge in [-0.25, -0.2) is 13.1 Å². The third kappa shape index (κ3) is 3.94. The van der Waals surface area contributed by atoms with Crippen molar-refractivity contribution in [1.29, 1.82) is 0 Å². The maximum atomic E-state index is 12.2. The van der Waals surface area contributed by atoms with Crippen LogP contribution in [0.4, 0.5) is 5.82 Å². The number of sulfonamides is 1. The third-order valence-electron chi connectivity index (χ3n) is 3.33. The summed E-state index contributed by atoms with van der Waals surface area (Å²) >= 11 is 0. The van der Waals surface area contributed by atoms with Crippen molar-refractivity contribution >= 4 is 15.8 Å². The van der Waals surface area contributed by atoms with Gasteiger partial charge < -0.3 is 5.32 Å². The molecule has 2 N–H and O–H groups in total. The van der Waals surface area contributed by atoms with Crippen molar-refractivity contribution in [2.75, 3.05) is 23.6 Å². The fourth-order valence-corrected chi connectivity index (χ4v) is 3.88. The molecule has 1 fully saturated rings. The lowest BCUT2D eigenvalue weighted by atomic mass is 10.0. The van der Waals surface area contributed by atoms with E-state index in [2.05, 4.69) is 15.1 Å². The Balaban J connectivity index is 2.02. The molecule has 7 heteroatoms. The summed E-state index contributed by atoms with van der Waals surface area (Å²) in [6.07, 6.45) is 3.46. The first-order valence-electron chi connectivity index (χ1n) is 6.72. The van der Waals surface area contributed by atoms with E-state index in [-0.39, 0.29) is 17.7 Å². The van der Waals surface area contributed by atoms with Crippen LogP contribution in [0.5, 0.6) is 0 Å². The van der Waals surface area contributed by atoms with E-state index in [9.17, 15) is 8.42 Å². The fourth-order valence-electron chi connectivity index (χ4n) is 2.37. The first-order valence-corrected chi connectivity index (χ1v) is 8.38. The van der Waals surface area contributed by atoms with Crippen LogP contribution >= 0.6 is 0 Å². The van der Waals surface area contributed by atoms with E-state index in [1.165, 1.54) is 0 Å². The highest BCUT2D eigenvalue weighted by atomic mass is 32.2. The third-order valence-corrected chi connectivity index (χ3v) is 4.76. The number of hydrogen-bond acceptors (Lipinski definition) is 4. The van der Waals surface area contributed by atoms with Gasteiger partial charge in [0.05, 0.1) is 11.9 Å². The Morgan fingerprint density at radius 3 is 2.79 bits per heavy atom. The molecule has 6 nitrogen and oxygen atoms in total. The van der Waals surface area contributed by atoms with E-state index in [0.717, 1.165) is 25.9 Å². The van der Waals surface area contributed by atoms with Crippen molar-refractivity contribution in [2.24, 2.45) is 5.92 Å². The minimum atomic E-state index is -3.30. The molecule has 0 aliphatic carbocycles. The maximum Gasteiger partial charge on any atom is 0.234 e.